The Balaban J connectivity index is 2.07. The standard InChI is InChI=1S/C10H15N5S/c1-3-15-6-8(5-12-15)4-9(11-2)10-7-16-14-13-10/h5-7,9,11H,3-4H2,1-2H3. The van der Waals surface area contributed by atoms with Crippen LogP contribution in [0, 0.1) is 0 Å². The van der Waals surface area contributed by atoms with E-state index in [9.17, 15) is 0 Å². The van der Waals surface area contributed by atoms with Crippen LogP contribution in [0.1, 0.15) is 24.2 Å². The molecule has 0 saturated carbocycles. The minimum Gasteiger partial charge on any atom is -0.311 e. The van der Waals surface area contributed by atoms with Crippen LogP contribution in [0.5, 0.6) is 0 Å². The molecule has 2 aromatic rings. The topological polar surface area (TPSA) is 55.6 Å². The van der Waals surface area contributed by atoms with E-state index in [2.05, 4.69) is 33.1 Å². The number of hydrogen-bond donors (Lipinski definition) is 1. The fraction of sp³-hybridized carbons (Fsp3) is 0.500. The number of rotatable bonds is 5. The van der Waals surface area contributed by atoms with Gasteiger partial charge in [-0.2, -0.15) is 5.10 Å². The predicted molar refractivity (Wildman–Crippen MR) is 63.3 cm³/mol. The summed E-state index contributed by atoms with van der Waals surface area (Å²) in [6.07, 6.45) is 4.87. The smallest absolute Gasteiger partial charge is 0.0928 e. The molecule has 86 valence electrons. The molecule has 0 saturated heterocycles. The molecule has 0 aromatic carbocycles. The fourth-order valence-electron chi connectivity index (χ4n) is 1.60. The Morgan fingerprint density at radius 3 is 3.00 bits per heavy atom. The van der Waals surface area contributed by atoms with Crippen molar-refractivity contribution < 1.29 is 0 Å². The van der Waals surface area contributed by atoms with E-state index >= 15 is 0 Å². The molecule has 0 radical (unpaired) electrons. The van der Waals surface area contributed by atoms with Gasteiger partial charge in [-0.3, -0.25) is 4.68 Å². The van der Waals surface area contributed by atoms with Gasteiger partial charge in [0.15, 0.2) is 0 Å². The first kappa shape index (κ1) is 11.2. The molecule has 0 amide bonds. The average Bonchev–Trinajstić information content (AvgIpc) is 2.96. The third-order valence-electron chi connectivity index (χ3n) is 2.53. The largest absolute Gasteiger partial charge is 0.311 e. The highest BCUT2D eigenvalue weighted by molar-refractivity contribution is 7.03. The number of aryl methyl sites for hydroxylation is 1. The Kier molecular flexibility index (Phi) is 3.63. The summed E-state index contributed by atoms with van der Waals surface area (Å²) >= 11 is 1.38. The van der Waals surface area contributed by atoms with Crippen molar-refractivity contribution in [1.29, 1.82) is 0 Å². The molecule has 1 unspecified atom stereocenters. The van der Waals surface area contributed by atoms with E-state index in [0.717, 1.165) is 18.7 Å². The van der Waals surface area contributed by atoms with Crippen LogP contribution in [0.4, 0.5) is 0 Å². The van der Waals surface area contributed by atoms with Crippen molar-refractivity contribution in [2.45, 2.75) is 25.9 Å². The van der Waals surface area contributed by atoms with Crippen LogP contribution in [-0.4, -0.2) is 26.4 Å². The van der Waals surface area contributed by atoms with Crippen LogP contribution in [-0.2, 0) is 13.0 Å². The van der Waals surface area contributed by atoms with Gasteiger partial charge in [0.25, 0.3) is 0 Å². The Hall–Kier alpha value is -1.27. The molecular formula is C10H15N5S. The van der Waals surface area contributed by atoms with E-state index in [1.807, 2.05) is 23.3 Å². The Morgan fingerprint density at radius 1 is 1.56 bits per heavy atom. The van der Waals surface area contributed by atoms with E-state index in [-0.39, 0.29) is 6.04 Å². The van der Waals surface area contributed by atoms with Gasteiger partial charge in [0.2, 0.25) is 0 Å². The average molecular weight is 237 g/mol. The minimum absolute atomic E-state index is 0.216. The lowest BCUT2D eigenvalue weighted by Gasteiger charge is -2.11. The van der Waals surface area contributed by atoms with Gasteiger partial charge >= 0.3 is 0 Å². The predicted octanol–water partition coefficient (Wildman–Crippen LogP) is 1.26. The van der Waals surface area contributed by atoms with E-state index < -0.39 is 0 Å². The molecule has 0 aliphatic heterocycles. The summed E-state index contributed by atoms with van der Waals surface area (Å²) in [6, 6.07) is 0.216. The van der Waals surface area contributed by atoms with Crippen molar-refractivity contribution in [2.24, 2.45) is 0 Å². The first-order valence-corrected chi connectivity index (χ1v) is 6.12. The third-order valence-corrected chi connectivity index (χ3v) is 3.06. The van der Waals surface area contributed by atoms with E-state index in [1.165, 1.54) is 17.1 Å². The maximum absolute atomic E-state index is 4.26. The first-order valence-electron chi connectivity index (χ1n) is 5.29. The van der Waals surface area contributed by atoms with Gasteiger partial charge in [-0.25, -0.2) is 0 Å². The summed E-state index contributed by atoms with van der Waals surface area (Å²) in [5.74, 6) is 0. The van der Waals surface area contributed by atoms with Gasteiger partial charge in [-0.05, 0) is 37.5 Å². The van der Waals surface area contributed by atoms with Crippen molar-refractivity contribution in [3.8, 4) is 0 Å². The van der Waals surface area contributed by atoms with E-state index in [1.54, 1.807) is 0 Å². The number of hydrogen-bond acceptors (Lipinski definition) is 5. The minimum atomic E-state index is 0.216. The van der Waals surface area contributed by atoms with Gasteiger partial charge in [-0.15, -0.1) is 5.10 Å². The maximum Gasteiger partial charge on any atom is 0.0928 e. The molecule has 6 heteroatoms. The third kappa shape index (κ3) is 2.45. The molecule has 0 spiro atoms. The highest BCUT2D eigenvalue weighted by Gasteiger charge is 2.13. The molecule has 1 atom stereocenters. The zero-order chi connectivity index (χ0) is 11.4. The summed E-state index contributed by atoms with van der Waals surface area (Å²) in [4.78, 5) is 0. The van der Waals surface area contributed by atoms with Crippen LogP contribution in [0.3, 0.4) is 0 Å². The zero-order valence-corrected chi connectivity index (χ0v) is 10.2. The monoisotopic (exact) mass is 237 g/mol. The molecule has 2 rings (SSSR count). The maximum atomic E-state index is 4.26. The van der Waals surface area contributed by atoms with Crippen LogP contribution in [0.2, 0.25) is 0 Å². The van der Waals surface area contributed by atoms with Crippen molar-refractivity contribution in [3.05, 3.63) is 29.0 Å². The molecule has 0 bridgehead atoms. The molecule has 1 N–H and O–H groups in total. The summed E-state index contributed by atoms with van der Waals surface area (Å²) in [5, 5.41) is 13.6. The number of nitrogens with zero attached hydrogens (tertiary/aromatic N) is 4. The van der Waals surface area contributed by atoms with Crippen LogP contribution >= 0.6 is 11.5 Å². The van der Waals surface area contributed by atoms with Crippen LogP contribution < -0.4 is 5.32 Å². The van der Waals surface area contributed by atoms with Crippen molar-refractivity contribution >= 4 is 11.5 Å². The normalized spacial score (nSPS) is 12.9. The van der Waals surface area contributed by atoms with E-state index in [4.69, 9.17) is 0 Å². The summed E-state index contributed by atoms with van der Waals surface area (Å²) in [7, 11) is 1.94. The Bertz CT molecular complexity index is 422. The molecule has 2 aromatic heterocycles. The lowest BCUT2D eigenvalue weighted by Crippen LogP contribution is -2.19. The quantitative estimate of drug-likeness (QED) is 0.850. The second-order valence-electron chi connectivity index (χ2n) is 3.58. The van der Waals surface area contributed by atoms with E-state index in [0.29, 0.717) is 0 Å². The Morgan fingerprint density at radius 2 is 2.44 bits per heavy atom. The lowest BCUT2D eigenvalue weighted by atomic mass is 10.1. The molecule has 0 aliphatic carbocycles. The van der Waals surface area contributed by atoms with Gasteiger partial charge in [0.1, 0.15) is 0 Å². The van der Waals surface area contributed by atoms with Gasteiger partial charge in [0.05, 0.1) is 17.9 Å². The molecule has 2 heterocycles. The number of aromatic nitrogens is 4. The highest BCUT2D eigenvalue weighted by atomic mass is 32.1. The lowest BCUT2D eigenvalue weighted by molar-refractivity contribution is 0.573. The number of nitrogens with one attached hydrogen (secondary N) is 1. The van der Waals surface area contributed by atoms with Crippen LogP contribution in [0.15, 0.2) is 17.8 Å². The molecule has 0 fully saturated rings. The summed E-state index contributed by atoms with van der Waals surface area (Å²) in [5.41, 5.74) is 2.21. The first-order chi connectivity index (χ1) is 7.83. The summed E-state index contributed by atoms with van der Waals surface area (Å²) in [6.45, 7) is 2.99. The highest BCUT2D eigenvalue weighted by Crippen LogP contribution is 2.16. The van der Waals surface area contributed by atoms with Crippen molar-refractivity contribution in [1.82, 2.24) is 24.7 Å². The number of likely N-dealkylation sites (N-methyl/N-ethyl adjacent to an activating group) is 1. The zero-order valence-electron chi connectivity index (χ0n) is 9.42. The Labute approximate surface area is 98.7 Å². The molecular weight excluding hydrogens is 222 g/mol. The van der Waals surface area contributed by atoms with Crippen molar-refractivity contribution in [2.75, 3.05) is 7.05 Å². The second kappa shape index (κ2) is 5.18. The second-order valence-corrected chi connectivity index (χ2v) is 4.19. The van der Waals surface area contributed by atoms with Gasteiger partial charge in [-0.1, -0.05) is 4.49 Å². The summed E-state index contributed by atoms with van der Waals surface area (Å²) < 4.78 is 5.82. The fourth-order valence-corrected chi connectivity index (χ4v) is 2.11. The van der Waals surface area contributed by atoms with Gasteiger partial charge in [0, 0.05) is 18.1 Å². The molecule has 16 heavy (non-hydrogen) atoms. The molecule has 0 aliphatic rings. The van der Waals surface area contributed by atoms with Crippen molar-refractivity contribution in [3.63, 3.8) is 0 Å². The SMILES string of the molecule is CCn1cc(CC(NC)c2csnn2)cn1. The van der Waals surface area contributed by atoms with Crippen LogP contribution in [0.25, 0.3) is 0 Å². The molecule has 5 nitrogen and oxygen atoms in total. The van der Waals surface area contributed by atoms with Gasteiger partial charge < -0.3 is 5.32 Å².